The fourth-order valence-corrected chi connectivity index (χ4v) is 4.61. The highest BCUT2D eigenvalue weighted by atomic mass is 32.2. The molecule has 0 atom stereocenters. The zero-order valence-electron chi connectivity index (χ0n) is 23.4. The quantitative estimate of drug-likeness (QED) is 0.0905. The second-order valence-electron chi connectivity index (χ2n) is 8.99. The first-order valence-corrected chi connectivity index (χ1v) is 15.6. The molecular weight excluding hydrogens is 662 g/mol. The number of carboxylic acid groups (broad SMARTS) is 1. The number of halogens is 6. The molecule has 0 spiro atoms. The van der Waals surface area contributed by atoms with Gasteiger partial charge in [-0.3, -0.25) is 4.79 Å². The van der Waals surface area contributed by atoms with E-state index in [1.54, 1.807) is 19.2 Å². The Morgan fingerprint density at radius 1 is 0.783 bits per heavy atom. The highest BCUT2D eigenvalue weighted by molar-refractivity contribution is 7.98. The monoisotopic (exact) mass is 688 g/mol. The Bertz CT molecular complexity index is 1850. The molecule has 0 aliphatic rings. The summed E-state index contributed by atoms with van der Waals surface area (Å²) in [6, 6.07) is 13.1. The molecule has 2 aromatic carbocycles. The van der Waals surface area contributed by atoms with Crippen molar-refractivity contribution in [2.75, 3.05) is 12.5 Å². The van der Waals surface area contributed by atoms with Gasteiger partial charge in [-0.2, -0.15) is 26.3 Å². The van der Waals surface area contributed by atoms with Crippen LogP contribution in [0.4, 0.5) is 26.3 Å². The number of carbonyl (C=O) groups is 2. The number of ketones is 1. The maximum Gasteiger partial charge on any atom is 0.433 e. The van der Waals surface area contributed by atoms with Crippen molar-refractivity contribution in [2.45, 2.75) is 43.4 Å². The van der Waals surface area contributed by atoms with Gasteiger partial charge in [0.25, 0.3) is 0 Å². The molecular formula is C29H26F6N4O5S2. The number of hydrogen-bond acceptors (Lipinski definition) is 9. The Kier molecular flexibility index (Phi) is 12.2. The van der Waals surface area contributed by atoms with E-state index in [0.717, 1.165) is 24.1 Å². The zero-order chi connectivity index (χ0) is 33.7. The summed E-state index contributed by atoms with van der Waals surface area (Å²) >= 11 is 0.953. The lowest BCUT2D eigenvalue weighted by molar-refractivity contribution is -0.142. The maximum absolute atomic E-state index is 13.0. The minimum atomic E-state index is -4.85. The van der Waals surface area contributed by atoms with Crippen LogP contribution >= 0.6 is 11.8 Å². The van der Waals surface area contributed by atoms with E-state index in [4.69, 9.17) is 5.11 Å². The smallest absolute Gasteiger partial charge is 0.433 e. The number of rotatable bonds is 7. The molecule has 1 N–H and O–H groups in total. The van der Waals surface area contributed by atoms with E-state index in [-0.39, 0.29) is 58.4 Å². The van der Waals surface area contributed by atoms with Gasteiger partial charge < -0.3 is 5.11 Å². The average molecular weight is 689 g/mol. The van der Waals surface area contributed by atoms with Crippen molar-refractivity contribution in [3.63, 3.8) is 0 Å². The van der Waals surface area contributed by atoms with Gasteiger partial charge in [0, 0.05) is 29.4 Å². The van der Waals surface area contributed by atoms with Gasteiger partial charge in [0.05, 0.1) is 17.0 Å². The molecule has 46 heavy (non-hydrogen) atoms. The maximum atomic E-state index is 13.0. The van der Waals surface area contributed by atoms with Crippen molar-refractivity contribution >= 4 is 33.4 Å². The van der Waals surface area contributed by atoms with E-state index in [1.165, 1.54) is 42.5 Å². The van der Waals surface area contributed by atoms with Crippen LogP contribution in [-0.2, 0) is 22.2 Å². The number of aromatic carboxylic acids is 1. The molecule has 17 heteroatoms. The van der Waals surface area contributed by atoms with Gasteiger partial charge in [-0.15, -0.1) is 0 Å². The Balaban J connectivity index is 0.000000316. The van der Waals surface area contributed by atoms with Crippen molar-refractivity contribution in [3.05, 3.63) is 83.2 Å². The highest BCUT2D eigenvalue weighted by Crippen LogP contribution is 2.34. The first-order chi connectivity index (χ1) is 20.9. The number of alkyl halides is 6. The Labute approximate surface area is 264 Å². The minimum Gasteiger partial charge on any atom is -0.478 e. The third-order valence-electron chi connectivity index (χ3n) is 5.76. The topological polar surface area (TPSA) is 140 Å². The number of carboxylic acids is 1. The van der Waals surface area contributed by atoms with E-state index in [2.05, 4.69) is 19.9 Å². The lowest BCUT2D eigenvalue weighted by atomic mass is 9.99. The summed E-state index contributed by atoms with van der Waals surface area (Å²) in [6.07, 6.45) is -7.06. The molecule has 0 saturated heterocycles. The van der Waals surface area contributed by atoms with Crippen LogP contribution in [0.2, 0.25) is 0 Å². The molecule has 246 valence electrons. The standard InChI is InChI=1S/C15H13F3N2O3S.C13H9F3N2O2S.CH4/c1-3-12(21)10-7-5-4-6-9(10)11-8-13(15(16,17)18)20-14(19-11)24(2,22)23;1-21-12-17-9(6-10(18-12)13(14,15)16)7-4-2-3-5-8(7)11(19)20;/h4-8H,3H2,1-2H3;2-6H,1H3,(H,19,20);1H4. The Hall–Kier alpha value is -4.38. The van der Waals surface area contributed by atoms with E-state index < -0.39 is 44.7 Å². The van der Waals surface area contributed by atoms with Gasteiger partial charge in [-0.1, -0.05) is 68.6 Å². The molecule has 0 aliphatic heterocycles. The van der Waals surface area contributed by atoms with Gasteiger partial charge in [-0.25, -0.2) is 33.1 Å². The fraction of sp³-hybridized carbons (Fsp3) is 0.241. The zero-order valence-corrected chi connectivity index (χ0v) is 25.1. The molecule has 0 unspecified atom stereocenters. The van der Waals surface area contributed by atoms with Gasteiger partial charge in [-0.05, 0) is 24.5 Å². The van der Waals surface area contributed by atoms with Crippen LogP contribution in [0, 0.1) is 0 Å². The predicted molar refractivity (Wildman–Crippen MR) is 158 cm³/mol. The fourth-order valence-electron chi connectivity index (χ4n) is 3.71. The molecule has 0 bridgehead atoms. The van der Waals surface area contributed by atoms with Crippen molar-refractivity contribution < 1.29 is 49.5 Å². The average Bonchev–Trinajstić information content (AvgIpc) is 2.99. The number of aromatic nitrogens is 4. The number of nitrogens with zero attached hydrogens (tertiary/aromatic N) is 4. The van der Waals surface area contributed by atoms with Gasteiger partial charge in [0.1, 0.15) is 11.4 Å². The molecule has 0 aliphatic carbocycles. The van der Waals surface area contributed by atoms with Gasteiger partial charge >= 0.3 is 18.3 Å². The number of carbonyl (C=O) groups excluding carboxylic acids is 1. The van der Waals surface area contributed by atoms with Gasteiger partial charge in [0.15, 0.2) is 10.9 Å². The molecule has 0 amide bonds. The Morgan fingerprint density at radius 3 is 1.70 bits per heavy atom. The van der Waals surface area contributed by atoms with Crippen LogP contribution in [0.25, 0.3) is 22.5 Å². The Morgan fingerprint density at radius 2 is 1.24 bits per heavy atom. The summed E-state index contributed by atoms with van der Waals surface area (Å²) in [6.45, 7) is 1.61. The number of Topliss-reactive ketones (excluding diaryl/α,β-unsaturated/α-hetero) is 1. The lowest BCUT2D eigenvalue weighted by Crippen LogP contribution is -2.14. The molecule has 9 nitrogen and oxygen atoms in total. The van der Waals surface area contributed by atoms with Crippen LogP contribution in [0.15, 0.2) is 71.0 Å². The summed E-state index contributed by atoms with van der Waals surface area (Å²) in [5, 5.41) is 8.10. The summed E-state index contributed by atoms with van der Waals surface area (Å²) in [7, 11) is -4.06. The highest BCUT2D eigenvalue weighted by Gasteiger charge is 2.36. The molecule has 0 saturated carbocycles. The summed E-state index contributed by atoms with van der Waals surface area (Å²) in [5.41, 5.74) is -2.52. The van der Waals surface area contributed by atoms with E-state index in [9.17, 15) is 44.3 Å². The third-order valence-corrected chi connectivity index (χ3v) is 7.16. The summed E-state index contributed by atoms with van der Waals surface area (Å²) in [4.78, 5) is 37.3. The minimum absolute atomic E-state index is 0. The molecule has 4 rings (SSSR count). The van der Waals surface area contributed by atoms with E-state index in [1.807, 2.05) is 0 Å². The number of hydrogen-bond donors (Lipinski definition) is 1. The number of thioether (sulfide) groups is 1. The second-order valence-corrected chi connectivity index (χ2v) is 11.7. The molecule has 2 heterocycles. The van der Waals surface area contributed by atoms with Crippen LogP contribution in [0.3, 0.4) is 0 Å². The molecule has 0 radical (unpaired) electrons. The van der Waals surface area contributed by atoms with Crippen LogP contribution in [0.1, 0.15) is 52.9 Å². The first kappa shape index (κ1) is 37.8. The SMILES string of the molecule is C.CCC(=O)c1ccccc1-c1cc(C(F)(F)F)nc(S(C)(=O)=O)n1.CSc1nc(-c2ccccc2C(=O)O)cc(C(F)(F)F)n1. The van der Waals surface area contributed by atoms with E-state index in [0.29, 0.717) is 6.07 Å². The first-order valence-electron chi connectivity index (χ1n) is 12.5. The molecule has 4 aromatic rings. The van der Waals surface area contributed by atoms with Crippen LogP contribution in [0.5, 0.6) is 0 Å². The third kappa shape index (κ3) is 9.32. The summed E-state index contributed by atoms with van der Waals surface area (Å²) in [5.74, 6) is -1.53. The lowest BCUT2D eigenvalue weighted by Gasteiger charge is -2.12. The van der Waals surface area contributed by atoms with Crippen molar-refractivity contribution in [1.29, 1.82) is 0 Å². The van der Waals surface area contributed by atoms with Crippen LogP contribution in [-0.4, -0.2) is 57.7 Å². The largest absolute Gasteiger partial charge is 0.478 e. The number of sulfone groups is 1. The van der Waals surface area contributed by atoms with Crippen molar-refractivity contribution in [2.24, 2.45) is 0 Å². The van der Waals surface area contributed by atoms with Crippen molar-refractivity contribution in [3.8, 4) is 22.5 Å². The number of benzene rings is 2. The van der Waals surface area contributed by atoms with E-state index >= 15 is 0 Å². The predicted octanol–water partition coefficient (Wildman–Crippen LogP) is 7.38. The summed E-state index contributed by atoms with van der Waals surface area (Å²) < 4.78 is 101. The normalized spacial score (nSPS) is 11.6. The molecule has 2 aromatic heterocycles. The van der Waals surface area contributed by atoms with Crippen molar-refractivity contribution in [1.82, 2.24) is 19.9 Å². The molecule has 0 fully saturated rings. The van der Waals surface area contributed by atoms with Gasteiger partial charge in [0.2, 0.25) is 15.0 Å². The van der Waals surface area contributed by atoms with Crippen LogP contribution < -0.4 is 0 Å². The second kappa shape index (κ2) is 14.8.